The standard InChI is InChI=1S/C13H20ClNO/c14-7-13(3-4-13)8-15-12(16)11-6-9-1-2-10(11)5-9/h9-11H,1-8H2,(H,15,16). The lowest BCUT2D eigenvalue weighted by atomic mass is 9.88. The second kappa shape index (κ2) is 3.90. The lowest BCUT2D eigenvalue weighted by molar-refractivity contribution is -0.126. The van der Waals surface area contributed by atoms with E-state index in [9.17, 15) is 4.79 Å². The molecule has 0 aliphatic heterocycles. The lowest BCUT2D eigenvalue weighted by Crippen LogP contribution is -2.37. The topological polar surface area (TPSA) is 29.1 Å². The first-order chi connectivity index (χ1) is 7.72. The van der Waals surface area contributed by atoms with Crippen molar-refractivity contribution in [2.24, 2.45) is 23.2 Å². The van der Waals surface area contributed by atoms with Gasteiger partial charge in [0.25, 0.3) is 0 Å². The number of alkyl halides is 1. The molecular weight excluding hydrogens is 222 g/mol. The van der Waals surface area contributed by atoms with Gasteiger partial charge in [0.2, 0.25) is 5.91 Å². The highest BCUT2D eigenvalue weighted by molar-refractivity contribution is 6.18. The average molecular weight is 242 g/mol. The fourth-order valence-corrected chi connectivity index (χ4v) is 3.87. The zero-order valence-electron chi connectivity index (χ0n) is 9.68. The zero-order valence-corrected chi connectivity index (χ0v) is 10.4. The number of rotatable bonds is 4. The molecule has 16 heavy (non-hydrogen) atoms. The number of amides is 1. The van der Waals surface area contributed by atoms with Gasteiger partial charge in [-0.1, -0.05) is 6.42 Å². The van der Waals surface area contributed by atoms with Crippen LogP contribution in [0.25, 0.3) is 0 Å². The Morgan fingerprint density at radius 2 is 2.12 bits per heavy atom. The molecule has 2 nitrogen and oxygen atoms in total. The first kappa shape index (κ1) is 10.9. The van der Waals surface area contributed by atoms with Gasteiger partial charge in [-0.25, -0.2) is 0 Å². The van der Waals surface area contributed by atoms with Gasteiger partial charge in [-0.2, -0.15) is 0 Å². The molecule has 3 saturated carbocycles. The molecule has 2 bridgehead atoms. The SMILES string of the molecule is O=C(NCC1(CCl)CC1)C1CC2CCC1C2. The number of carbonyl (C=O) groups is 1. The van der Waals surface area contributed by atoms with Crippen molar-refractivity contribution < 1.29 is 4.79 Å². The molecular formula is C13H20ClNO. The summed E-state index contributed by atoms with van der Waals surface area (Å²) in [5, 5.41) is 3.14. The Kier molecular flexibility index (Phi) is 2.66. The number of fused-ring (bicyclic) bond motifs is 2. The Labute approximate surface area is 102 Å². The normalized spacial score (nSPS) is 38.7. The first-order valence-corrected chi connectivity index (χ1v) is 7.10. The molecule has 3 fully saturated rings. The Morgan fingerprint density at radius 1 is 1.31 bits per heavy atom. The van der Waals surface area contributed by atoms with Gasteiger partial charge in [-0.05, 0) is 43.9 Å². The molecule has 3 heteroatoms. The van der Waals surface area contributed by atoms with Crippen molar-refractivity contribution in [2.45, 2.75) is 38.5 Å². The van der Waals surface area contributed by atoms with E-state index in [1.807, 2.05) is 0 Å². The van der Waals surface area contributed by atoms with Crippen molar-refractivity contribution in [1.29, 1.82) is 0 Å². The number of carbonyl (C=O) groups excluding carboxylic acids is 1. The highest BCUT2D eigenvalue weighted by atomic mass is 35.5. The number of nitrogens with one attached hydrogen (secondary N) is 1. The molecule has 0 aromatic carbocycles. The number of hydrogen-bond donors (Lipinski definition) is 1. The maximum atomic E-state index is 12.1. The molecule has 0 spiro atoms. The zero-order chi connectivity index (χ0) is 11.2. The molecule has 0 radical (unpaired) electrons. The van der Waals surface area contributed by atoms with Gasteiger partial charge in [-0.15, -0.1) is 11.6 Å². The maximum Gasteiger partial charge on any atom is 0.223 e. The van der Waals surface area contributed by atoms with Gasteiger partial charge >= 0.3 is 0 Å². The summed E-state index contributed by atoms with van der Waals surface area (Å²) >= 11 is 5.91. The van der Waals surface area contributed by atoms with Crippen LogP contribution in [0.4, 0.5) is 0 Å². The minimum absolute atomic E-state index is 0.259. The smallest absolute Gasteiger partial charge is 0.223 e. The molecule has 0 aromatic rings. The minimum Gasteiger partial charge on any atom is -0.355 e. The highest BCUT2D eigenvalue weighted by Gasteiger charge is 2.45. The van der Waals surface area contributed by atoms with E-state index in [0.29, 0.717) is 23.6 Å². The van der Waals surface area contributed by atoms with Crippen LogP contribution in [0.1, 0.15) is 38.5 Å². The van der Waals surface area contributed by atoms with Crippen LogP contribution in [0.15, 0.2) is 0 Å². The molecule has 3 aliphatic carbocycles. The summed E-state index contributed by atoms with van der Waals surface area (Å²) < 4.78 is 0. The van der Waals surface area contributed by atoms with Gasteiger partial charge in [-0.3, -0.25) is 4.79 Å². The number of halogens is 1. The second-order valence-electron chi connectivity index (χ2n) is 6.13. The highest BCUT2D eigenvalue weighted by Crippen LogP contribution is 2.49. The number of hydrogen-bond acceptors (Lipinski definition) is 1. The third-order valence-corrected chi connectivity index (χ3v) is 5.52. The van der Waals surface area contributed by atoms with Crippen molar-refractivity contribution in [3.63, 3.8) is 0 Å². The average Bonchev–Trinajstić information content (AvgIpc) is 2.78. The van der Waals surface area contributed by atoms with E-state index in [0.717, 1.165) is 18.9 Å². The van der Waals surface area contributed by atoms with Gasteiger partial charge in [0.05, 0.1) is 0 Å². The lowest BCUT2D eigenvalue weighted by Gasteiger charge is -2.22. The molecule has 3 atom stereocenters. The van der Waals surface area contributed by atoms with Gasteiger partial charge < -0.3 is 5.32 Å². The van der Waals surface area contributed by atoms with E-state index >= 15 is 0 Å². The van der Waals surface area contributed by atoms with E-state index in [2.05, 4.69) is 5.32 Å². The quantitative estimate of drug-likeness (QED) is 0.754. The summed E-state index contributed by atoms with van der Waals surface area (Å²) in [6.45, 7) is 0.809. The molecule has 90 valence electrons. The van der Waals surface area contributed by atoms with Crippen LogP contribution in [-0.2, 0) is 4.79 Å². The third kappa shape index (κ3) is 1.85. The third-order valence-electron chi connectivity index (χ3n) is 4.95. The maximum absolute atomic E-state index is 12.1. The first-order valence-electron chi connectivity index (χ1n) is 6.56. The van der Waals surface area contributed by atoms with Crippen LogP contribution >= 0.6 is 11.6 Å². The largest absolute Gasteiger partial charge is 0.355 e. The minimum atomic E-state index is 0.259. The van der Waals surface area contributed by atoms with Crippen molar-refractivity contribution in [3.8, 4) is 0 Å². The molecule has 3 unspecified atom stereocenters. The Bertz CT molecular complexity index is 300. The second-order valence-corrected chi connectivity index (χ2v) is 6.40. The molecule has 3 rings (SSSR count). The van der Waals surface area contributed by atoms with Gasteiger partial charge in [0, 0.05) is 23.8 Å². The molecule has 1 amide bonds. The Hall–Kier alpha value is -0.240. The summed E-state index contributed by atoms with van der Waals surface area (Å²) in [4.78, 5) is 12.1. The predicted octanol–water partition coefficient (Wildman–Crippen LogP) is 2.56. The van der Waals surface area contributed by atoms with E-state index in [1.165, 1.54) is 32.1 Å². The van der Waals surface area contributed by atoms with E-state index < -0.39 is 0 Å². The van der Waals surface area contributed by atoms with Crippen molar-refractivity contribution in [3.05, 3.63) is 0 Å². The Balaban J connectivity index is 1.50. The molecule has 3 aliphatic rings. The van der Waals surface area contributed by atoms with Crippen molar-refractivity contribution in [2.75, 3.05) is 12.4 Å². The predicted molar refractivity (Wildman–Crippen MR) is 64.3 cm³/mol. The van der Waals surface area contributed by atoms with Crippen molar-refractivity contribution >= 4 is 17.5 Å². The van der Waals surface area contributed by atoms with E-state index in [-0.39, 0.29) is 5.41 Å². The van der Waals surface area contributed by atoms with Crippen LogP contribution in [0, 0.1) is 23.2 Å². The van der Waals surface area contributed by atoms with E-state index in [1.54, 1.807) is 0 Å². The summed E-state index contributed by atoms with van der Waals surface area (Å²) in [6, 6.07) is 0. The van der Waals surface area contributed by atoms with E-state index in [4.69, 9.17) is 11.6 Å². The molecule has 0 aromatic heterocycles. The summed E-state index contributed by atoms with van der Waals surface area (Å²) in [7, 11) is 0. The summed E-state index contributed by atoms with van der Waals surface area (Å²) in [5.41, 5.74) is 0.259. The molecule has 0 heterocycles. The monoisotopic (exact) mass is 241 g/mol. The van der Waals surface area contributed by atoms with Crippen LogP contribution in [-0.4, -0.2) is 18.3 Å². The molecule has 1 N–H and O–H groups in total. The fraction of sp³-hybridized carbons (Fsp3) is 0.923. The van der Waals surface area contributed by atoms with Crippen LogP contribution in [0.3, 0.4) is 0 Å². The van der Waals surface area contributed by atoms with Gasteiger partial charge in [0.1, 0.15) is 0 Å². The van der Waals surface area contributed by atoms with Crippen LogP contribution < -0.4 is 5.32 Å². The summed E-state index contributed by atoms with van der Waals surface area (Å²) in [5.74, 6) is 2.87. The van der Waals surface area contributed by atoms with Crippen LogP contribution in [0.5, 0.6) is 0 Å². The van der Waals surface area contributed by atoms with Gasteiger partial charge in [0.15, 0.2) is 0 Å². The van der Waals surface area contributed by atoms with Crippen LogP contribution in [0.2, 0.25) is 0 Å². The summed E-state index contributed by atoms with van der Waals surface area (Å²) in [6.07, 6.45) is 7.47. The Morgan fingerprint density at radius 3 is 2.62 bits per heavy atom. The van der Waals surface area contributed by atoms with Crippen molar-refractivity contribution in [1.82, 2.24) is 5.32 Å². The fourth-order valence-electron chi connectivity index (χ4n) is 3.51. The molecule has 0 saturated heterocycles.